The van der Waals surface area contributed by atoms with Crippen LogP contribution in [0.5, 0.6) is 5.75 Å². The number of rotatable bonds is 7. The molecule has 0 saturated heterocycles. The smallest absolute Gasteiger partial charge is 0.422 e. The van der Waals surface area contributed by atoms with Gasteiger partial charge in [-0.05, 0) is 71.7 Å². The van der Waals surface area contributed by atoms with Gasteiger partial charge in [0.2, 0.25) is 0 Å². The highest BCUT2D eigenvalue weighted by Gasteiger charge is 2.37. The third-order valence-electron chi connectivity index (χ3n) is 5.83. The van der Waals surface area contributed by atoms with Gasteiger partial charge in [0.05, 0.1) is 6.61 Å². The molecule has 0 N–H and O–H groups in total. The molecule has 0 aliphatic heterocycles. The lowest BCUT2D eigenvalue weighted by atomic mass is 9.96. The molecule has 0 spiro atoms. The maximum Gasteiger partial charge on any atom is 0.422 e. The van der Waals surface area contributed by atoms with E-state index in [1.165, 1.54) is 18.2 Å². The van der Waals surface area contributed by atoms with Crippen LogP contribution in [0.25, 0.3) is 21.9 Å². The highest BCUT2D eigenvalue weighted by Crippen LogP contribution is 2.35. The van der Waals surface area contributed by atoms with E-state index in [2.05, 4.69) is 0 Å². The second-order valence-electron chi connectivity index (χ2n) is 8.40. The van der Waals surface area contributed by atoms with E-state index in [0.29, 0.717) is 41.0 Å². The first-order chi connectivity index (χ1) is 17.1. The molecule has 8 heteroatoms. The molecule has 0 radical (unpaired) electrons. The molecule has 0 bridgehead atoms. The molecule has 0 unspecified atom stereocenters. The minimum Gasteiger partial charge on any atom is -0.494 e. The van der Waals surface area contributed by atoms with E-state index < -0.39 is 35.0 Å². The summed E-state index contributed by atoms with van der Waals surface area (Å²) in [5, 5.41) is 0.787. The predicted octanol–water partition coefficient (Wildman–Crippen LogP) is 8.66. The maximum atomic E-state index is 15.1. The normalized spacial score (nSPS) is 11.8. The predicted molar refractivity (Wildman–Crippen MR) is 124 cm³/mol. The Balaban J connectivity index is 1.56. The van der Waals surface area contributed by atoms with Crippen molar-refractivity contribution in [2.75, 3.05) is 6.61 Å². The summed E-state index contributed by atoms with van der Waals surface area (Å²) in [5.41, 5.74) is -0.853. The van der Waals surface area contributed by atoms with Crippen LogP contribution in [0.15, 0.2) is 60.7 Å². The van der Waals surface area contributed by atoms with Crippen LogP contribution < -0.4 is 4.74 Å². The molecule has 36 heavy (non-hydrogen) atoms. The van der Waals surface area contributed by atoms with Crippen molar-refractivity contribution in [2.24, 2.45) is 0 Å². The summed E-state index contributed by atoms with van der Waals surface area (Å²) in [6, 6.07) is 13.7. The van der Waals surface area contributed by atoms with Gasteiger partial charge < -0.3 is 4.74 Å². The number of aryl methyl sites for hydroxylation is 2. The van der Waals surface area contributed by atoms with E-state index in [-0.39, 0.29) is 29.4 Å². The Hall–Kier alpha value is -3.55. The summed E-state index contributed by atoms with van der Waals surface area (Å²) in [4.78, 5) is 0. The molecular formula is C28H21F7O. The summed E-state index contributed by atoms with van der Waals surface area (Å²) in [6.07, 6.45) is -4.41. The molecule has 4 rings (SSSR count). The molecule has 0 heterocycles. The van der Waals surface area contributed by atoms with Gasteiger partial charge in [0, 0.05) is 17.0 Å². The molecule has 4 aromatic rings. The zero-order valence-corrected chi connectivity index (χ0v) is 19.2. The van der Waals surface area contributed by atoms with Crippen LogP contribution >= 0.6 is 0 Å². The van der Waals surface area contributed by atoms with Crippen LogP contribution in [-0.2, 0) is 19.0 Å². The molecule has 0 saturated carbocycles. The third-order valence-corrected chi connectivity index (χ3v) is 5.83. The van der Waals surface area contributed by atoms with Gasteiger partial charge in [-0.2, -0.15) is 13.2 Å². The molecule has 0 amide bonds. The van der Waals surface area contributed by atoms with Gasteiger partial charge in [-0.25, -0.2) is 17.6 Å². The second kappa shape index (κ2) is 10.2. The number of halogens is 7. The molecule has 0 aromatic heterocycles. The van der Waals surface area contributed by atoms with Crippen molar-refractivity contribution in [1.82, 2.24) is 0 Å². The number of hydrogen-bond donors (Lipinski definition) is 0. The minimum atomic E-state index is -5.15. The van der Waals surface area contributed by atoms with Gasteiger partial charge in [-0.1, -0.05) is 31.2 Å². The first-order valence-corrected chi connectivity index (χ1v) is 11.3. The number of hydrogen-bond acceptors (Lipinski definition) is 1. The SMILES string of the molecule is CCCOc1ccc(-c2ccc3c(F)c(CCc4cc(F)c(C(F)(F)F)c(F)c4)ccc3c2)c(F)c1. The zero-order chi connectivity index (χ0) is 26.0. The van der Waals surface area contributed by atoms with Crippen molar-refractivity contribution in [3.05, 3.63) is 101 Å². The lowest BCUT2D eigenvalue weighted by Gasteiger charge is -2.12. The Kier molecular flexibility index (Phi) is 7.24. The lowest BCUT2D eigenvalue weighted by molar-refractivity contribution is -0.142. The Morgan fingerprint density at radius 1 is 0.750 bits per heavy atom. The van der Waals surface area contributed by atoms with E-state index in [1.54, 1.807) is 30.3 Å². The first kappa shape index (κ1) is 25.5. The third kappa shape index (κ3) is 5.32. The van der Waals surface area contributed by atoms with Crippen LogP contribution in [0.2, 0.25) is 0 Å². The van der Waals surface area contributed by atoms with E-state index in [0.717, 1.165) is 6.42 Å². The molecule has 0 fully saturated rings. The molecule has 1 nitrogen and oxygen atoms in total. The van der Waals surface area contributed by atoms with Gasteiger partial charge in [0.25, 0.3) is 0 Å². The molecule has 4 aromatic carbocycles. The Morgan fingerprint density at radius 3 is 2.11 bits per heavy atom. The molecule has 188 valence electrons. The van der Waals surface area contributed by atoms with Crippen LogP contribution in [0.1, 0.15) is 30.0 Å². The summed E-state index contributed by atoms with van der Waals surface area (Å²) < 4.78 is 101. The molecule has 0 atom stereocenters. The van der Waals surface area contributed by atoms with Crippen LogP contribution in [0, 0.1) is 23.3 Å². The fourth-order valence-corrected chi connectivity index (χ4v) is 4.06. The minimum absolute atomic E-state index is 0.0155. The zero-order valence-electron chi connectivity index (χ0n) is 19.2. The highest BCUT2D eigenvalue weighted by atomic mass is 19.4. The van der Waals surface area contributed by atoms with Crippen LogP contribution in [0.3, 0.4) is 0 Å². The number of fused-ring (bicyclic) bond motifs is 1. The topological polar surface area (TPSA) is 9.23 Å². The Morgan fingerprint density at radius 2 is 1.47 bits per heavy atom. The van der Waals surface area contributed by atoms with Crippen LogP contribution in [0.4, 0.5) is 30.7 Å². The average Bonchev–Trinajstić information content (AvgIpc) is 2.81. The monoisotopic (exact) mass is 506 g/mol. The van der Waals surface area contributed by atoms with Crippen LogP contribution in [-0.4, -0.2) is 6.61 Å². The van der Waals surface area contributed by atoms with Gasteiger partial charge in [-0.3, -0.25) is 0 Å². The Labute approximate surface area is 203 Å². The van der Waals surface area contributed by atoms with Gasteiger partial charge in [0.1, 0.15) is 34.6 Å². The van der Waals surface area contributed by atoms with Crippen molar-refractivity contribution in [3.8, 4) is 16.9 Å². The second-order valence-corrected chi connectivity index (χ2v) is 8.40. The highest BCUT2D eigenvalue weighted by molar-refractivity contribution is 5.88. The van der Waals surface area contributed by atoms with E-state index in [1.807, 2.05) is 6.92 Å². The van der Waals surface area contributed by atoms with Crippen molar-refractivity contribution >= 4 is 10.8 Å². The molecule has 0 aliphatic carbocycles. The number of benzene rings is 4. The molecular weight excluding hydrogens is 485 g/mol. The average molecular weight is 506 g/mol. The fraction of sp³-hybridized carbons (Fsp3) is 0.214. The first-order valence-electron chi connectivity index (χ1n) is 11.3. The molecule has 0 aliphatic rings. The fourth-order valence-electron chi connectivity index (χ4n) is 4.06. The maximum absolute atomic E-state index is 15.1. The standard InChI is InChI=1S/C28H21F7O/c1-2-11-36-20-8-10-21(23(29)15-20)18-7-9-22-19(14-18)6-5-17(27(22)32)4-3-16-12-24(30)26(25(31)13-16)28(33,34)35/h5-10,12-15H,2-4,11H2,1H3. The number of ether oxygens (including phenoxy) is 1. The van der Waals surface area contributed by atoms with E-state index in [9.17, 15) is 26.3 Å². The van der Waals surface area contributed by atoms with Gasteiger partial charge in [-0.15, -0.1) is 0 Å². The van der Waals surface area contributed by atoms with E-state index in [4.69, 9.17) is 4.74 Å². The lowest BCUT2D eigenvalue weighted by Crippen LogP contribution is -2.12. The quantitative estimate of drug-likeness (QED) is 0.228. The summed E-state index contributed by atoms with van der Waals surface area (Å²) in [6.45, 7) is 2.41. The van der Waals surface area contributed by atoms with Gasteiger partial charge >= 0.3 is 6.18 Å². The van der Waals surface area contributed by atoms with Gasteiger partial charge in [0.15, 0.2) is 0 Å². The van der Waals surface area contributed by atoms with Crippen molar-refractivity contribution < 1.29 is 35.5 Å². The van der Waals surface area contributed by atoms with Crippen molar-refractivity contribution in [1.29, 1.82) is 0 Å². The number of alkyl halides is 3. The largest absolute Gasteiger partial charge is 0.494 e. The summed E-state index contributed by atoms with van der Waals surface area (Å²) >= 11 is 0. The summed E-state index contributed by atoms with van der Waals surface area (Å²) in [5.74, 6) is -4.03. The Bertz CT molecular complexity index is 1390. The van der Waals surface area contributed by atoms with E-state index >= 15 is 4.39 Å². The van der Waals surface area contributed by atoms with Crippen molar-refractivity contribution in [2.45, 2.75) is 32.4 Å². The summed E-state index contributed by atoms with van der Waals surface area (Å²) in [7, 11) is 0. The van der Waals surface area contributed by atoms with Crippen molar-refractivity contribution in [3.63, 3.8) is 0 Å².